The predicted octanol–water partition coefficient (Wildman–Crippen LogP) is 5.74. The molecule has 5 aliphatic rings. The summed E-state index contributed by atoms with van der Waals surface area (Å²) in [7, 11) is 0. The minimum atomic E-state index is -0.214. The van der Waals surface area contributed by atoms with Gasteiger partial charge < -0.3 is 15.1 Å². The van der Waals surface area contributed by atoms with Crippen LogP contribution in [-0.4, -0.2) is 64.3 Å². The molecule has 5 fully saturated rings. The number of fused-ring (bicyclic) bond motifs is 5. The zero-order valence-corrected chi connectivity index (χ0v) is 25.3. The van der Waals surface area contributed by atoms with Gasteiger partial charge in [-0.15, -0.1) is 0 Å². The number of amides is 1. The summed E-state index contributed by atoms with van der Waals surface area (Å²) in [6.07, 6.45) is 10.1. The summed E-state index contributed by atoms with van der Waals surface area (Å²) >= 11 is 0. The Morgan fingerprint density at radius 2 is 1.62 bits per heavy atom. The van der Waals surface area contributed by atoms with Gasteiger partial charge in [-0.25, -0.2) is 0 Å². The average Bonchev–Trinajstić information content (AvgIpc) is 3.31. The Kier molecular flexibility index (Phi) is 8.13. The first kappa shape index (κ1) is 28.7. The van der Waals surface area contributed by atoms with Crippen LogP contribution < -0.4 is 0 Å². The van der Waals surface area contributed by atoms with E-state index in [-0.39, 0.29) is 23.0 Å². The van der Waals surface area contributed by atoms with Gasteiger partial charge in [0.1, 0.15) is 0 Å². The molecule has 1 aromatic rings. The van der Waals surface area contributed by atoms with E-state index in [2.05, 4.69) is 60.9 Å². The van der Waals surface area contributed by atoms with E-state index in [0.29, 0.717) is 47.8 Å². The standard InChI is InChI=1S/C35H54N2O3/c1-24(9-12-32(40)37-19-17-36(18-20-37)23-25-7-5-4-6-8-25)28-10-11-29-33-30(14-16-35(28,29)3)34(2)15-13-27(38)21-26(34)22-31(33)39/h4-8,24,26-31,33,38-39H,9-23H2,1-3H3/t24-,26-,27-,28+,29-,30-,31+,33+,34+,35-/m1/s1. The number of benzene rings is 1. The van der Waals surface area contributed by atoms with Crippen molar-refractivity contribution in [3.63, 3.8) is 0 Å². The Morgan fingerprint density at radius 1 is 0.925 bits per heavy atom. The molecular weight excluding hydrogens is 496 g/mol. The Hall–Kier alpha value is -1.43. The predicted molar refractivity (Wildman–Crippen MR) is 159 cm³/mol. The maximum Gasteiger partial charge on any atom is 0.222 e. The first-order valence-electron chi connectivity index (χ1n) is 16.6. The number of carbonyl (C=O) groups excluding carboxylic acids is 1. The second kappa shape index (κ2) is 11.3. The van der Waals surface area contributed by atoms with Crippen LogP contribution >= 0.6 is 0 Å². The molecule has 0 radical (unpaired) electrons. The normalized spacial score (nSPS) is 42.5. The largest absolute Gasteiger partial charge is 0.393 e. The quantitative estimate of drug-likeness (QED) is 0.474. The fourth-order valence-electron chi connectivity index (χ4n) is 10.9. The molecule has 2 N–H and O–H groups in total. The Bertz CT molecular complexity index is 1020. The third kappa shape index (κ3) is 5.17. The smallest absolute Gasteiger partial charge is 0.222 e. The molecular formula is C35H54N2O3. The molecule has 5 nitrogen and oxygen atoms in total. The van der Waals surface area contributed by atoms with Gasteiger partial charge in [0.05, 0.1) is 12.2 Å². The lowest BCUT2D eigenvalue weighted by Gasteiger charge is -2.62. The van der Waals surface area contributed by atoms with Gasteiger partial charge >= 0.3 is 0 Å². The van der Waals surface area contributed by atoms with Crippen molar-refractivity contribution in [2.75, 3.05) is 26.2 Å². The Labute approximate surface area is 242 Å². The number of hydrogen-bond donors (Lipinski definition) is 2. The summed E-state index contributed by atoms with van der Waals surface area (Å²) in [5.74, 6) is 3.63. The third-order valence-electron chi connectivity index (χ3n) is 13.2. The highest BCUT2D eigenvalue weighted by atomic mass is 16.3. The van der Waals surface area contributed by atoms with Crippen LogP contribution in [0.25, 0.3) is 0 Å². The maximum atomic E-state index is 13.2. The first-order chi connectivity index (χ1) is 19.2. The molecule has 4 saturated carbocycles. The van der Waals surface area contributed by atoms with Crippen LogP contribution in [0, 0.1) is 46.3 Å². The van der Waals surface area contributed by atoms with Crippen LogP contribution in [0.5, 0.6) is 0 Å². The maximum absolute atomic E-state index is 13.2. The van der Waals surface area contributed by atoms with Crippen molar-refractivity contribution in [1.82, 2.24) is 9.80 Å². The highest BCUT2D eigenvalue weighted by Crippen LogP contribution is 2.68. The van der Waals surface area contributed by atoms with Crippen molar-refractivity contribution in [3.05, 3.63) is 35.9 Å². The number of rotatable bonds is 6. The van der Waals surface area contributed by atoms with Crippen LogP contribution in [-0.2, 0) is 11.3 Å². The molecule has 0 unspecified atom stereocenters. The SMILES string of the molecule is C[C@H](CCC(=O)N1CCN(Cc2ccccc2)CC1)[C@@H]1CC[C@@H]2[C@H]3[C@@H](CC[C@@]21C)[C@@]1(C)CC[C@@H](O)C[C@@H]1C[C@@H]3O. The van der Waals surface area contributed by atoms with Gasteiger partial charge in [0.25, 0.3) is 0 Å². The molecule has 10 atom stereocenters. The summed E-state index contributed by atoms with van der Waals surface area (Å²) in [5.41, 5.74) is 1.91. The molecule has 1 heterocycles. The summed E-state index contributed by atoms with van der Waals surface area (Å²) < 4.78 is 0. The van der Waals surface area contributed by atoms with Gasteiger partial charge in [0, 0.05) is 39.1 Å². The van der Waals surface area contributed by atoms with Gasteiger partial charge in [-0.3, -0.25) is 9.69 Å². The molecule has 40 heavy (non-hydrogen) atoms. The van der Waals surface area contributed by atoms with Crippen molar-refractivity contribution in [2.24, 2.45) is 46.3 Å². The summed E-state index contributed by atoms with van der Waals surface area (Å²) in [6.45, 7) is 12.0. The van der Waals surface area contributed by atoms with Gasteiger partial charge in [0.15, 0.2) is 0 Å². The number of hydrogen-bond acceptors (Lipinski definition) is 4. The highest BCUT2D eigenvalue weighted by molar-refractivity contribution is 5.76. The minimum absolute atomic E-state index is 0.173. The molecule has 1 saturated heterocycles. The number of carbonyl (C=O) groups is 1. The van der Waals surface area contributed by atoms with Crippen molar-refractivity contribution >= 4 is 5.91 Å². The lowest BCUT2D eigenvalue weighted by Crippen LogP contribution is -2.58. The highest BCUT2D eigenvalue weighted by Gasteiger charge is 2.62. The number of aliphatic hydroxyl groups excluding tert-OH is 2. The van der Waals surface area contributed by atoms with E-state index in [1.807, 2.05) is 0 Å². The molecule has 4 aliphatic carbocycles. The average molecular weight is 551 g/mol. The van der Waals surface area contributed by atoms with Crippen molar-refractivity contribution in [1.29, 1.82) is 0 Å². The van der Waals surface area contributed by atoms with E-state index < -0.39 is 0 Å². The Balaban J connectivity index is 1.03. The van der Waals surface area contributed by atoms with Gasteiger partial charge in [-0.1, -0.05) is 51.1 Å². The van der Waals surface area contributed by atoms with Crippen molar-refractivity contribution in [3.8, 4) is 0 Å². The monoisotopic (exact) mass is 550 g/mol. The van der Waals surface area contributed by atoms with E-state index in [4.69, 9.17) is 0 Å². The van der Waals surface area contributed by atoms with E-state index in [0.717, 1.165) is 64.8 Å². The molecule has 0 bridgehead atoms. The van der Waals surface area contributed by atoms with Crippen molar-refractivity contribution in [2.45, 2.75) is 104 Å². The van der Waals surface area contributed by atoms with Crippen LogP contribution in [0.2, 0.25) is 0 Å². The Morgan fingerprint density at radius 3 is 2.38 bits per heavy atom. The van der Waals surface area contributed by atoms with E-state index in [1.54, 1.807) is 0 Å². The number of aliphatic hydroxyl groups is 2. The minimum Gasteiger partial charge on any atom is -0.393 e. The molecule has 1 aromatic carbocycles. The van der Waals surface area contributed by atoms with Gasteiger partial charge in [-0.2, -0.15) is 0 Å². The summed E-state index contributed by atoms with van der Waals surface area (Å²) in [4.78, 5) is 17.8. The second-order valence-electron chi connectivity index (χ2n) is 15.1. The lowest BCUT2D eigenvalue weighted by molar-refractivity contribution is -0.174. The van der Waals surface area contributed by atoms with E-state index in [1.165, 1.54) is 31.2 Å². The zero-order valence-electron chi connectivity index (χ0n) is 25.3. The van der Waals surface area contributed by atoms with Crippen LogP contribution in [0.4, 0.5) is 0 Å². The second-order valence-corrected chi connectivity index (χ2v) is 15.1. The molecule has 0 aromatic heterocycles. The third-order valence-corrected chi connectivity index (χ3v) is 13.2. The van der Waals surface area contributed by atoms with Gasteiger partial charge in [-0.05, 0) is 110 Å². The van der Waals surface area contributed by atoms with Crippen LogP contribution in [0.3, 0.4) is 0 Å². The first-order valence-corrected chi connectivity index (χ1v) is 16.6. The number of piperazine rings is 1. The fourth-order valence-corrected chi connectivity index (χ4v) is 10.9. The molecule has 1 amide bonds. The number of nitrogens with zero attached hydrogens (tertiary/aromatic N) is 2. The fraction of sp³-hybridized carbons (Fsp3) is 0.800. The van der Waals surface area contributed by atoms with Crippen molar-refractivity contribution < 1.29 is 15.0 Å². The van der Waals surface area contributed by atoms with Gasteiger partial charge in [0.2, 0.25) is 5.91 Å². The summed E-state index contributed by atoms with van der Waals surface area (Å²) in [6, 6.07) is 10.6. The molecule has 222 valence electrons. The molecule has 5 heteroatoms. The summed E-state index contributed by atoms with van der Waals surface area (Å²) in [5, 5.41) is 21.9. The van der Waals surface area contributed by atoms with E-state index in [9.17, 15) is 15.0 Å². The topological polar surface area (TPSA) is 64.0 Å². The zero-order chi connectivity index (χ0) is 28.1. The molecule has 6 rings (SSSR count). The van der Waals surface area contributed by atoms with Crippen LogP contribution in [0.1, 0.15) is 90.5 Å². The van der Waals surface area contributed by atoms with E-state index >= 15 is 0 Å². The lowest BCUT2D eigenvalue weighted by atomic mass is 9.43. The molecule has 1 aliphatic heterocycles. The molecule has 0 spiro atoms. The van der Waals surface area contributed by atoms with Crippen LogP contribution in [0.15, 0.2) is 30.3 Å².